The first-order valence-electron chi connectivity index (χ1n) is 11.4. The molecule has 196 valence electrons. The van der Waals surface area contributed by atoms with Gasteiger partial charge in [0.25, 0.3) is 0 Å². The van der Waals surface area contributed by atoms with Crippen LogP contribution in [0.5, 0.6) is 5.75 Å². The highest BCUT2D eigenvalue weighted by atomic mass is 127. The number of β-lactam (4-membered cyclic amide) rings is 1. The summed E-state index contributed by atoms with van der Waals surface area (Å²) in [5.41, 5.74) is 1.23. The fourth-order valence-electron chi connectivity index (χ4n) is 4.35. The molecule has 2 fully saturated rings. The quantitative estimate of drug-likeness (QED) is 0.174. The van der Waals surface area contributed by atoms with Gasteiger partial charge in [0.1, 0.15) is 40.5 Å². The monoisotopic (exact) mass is 639 g/mol. The number of alkyl halides is 1. The number of thioether (sulfide) groups is 1. The van der Waals surface area contributed by atoms with Crippen molar-refractivity contribution in [3.05, 3.63) is 65.7 Å². The number of esters is 1. The normalized spacial score (nSPS) is 22.3. The van der Waals surface area contributed by atoms with Crippen LogP contribution in [0.2, 0.25) is 0 Å². The summed E-state index contributed by atoms with van der Waals surface area (Å²) in [6.45, 7) is 3.81. The SMILES string of the molecule is CC1(C)S[C@@H]2[C@H](NC(=O)C(NC(=O)OCI)c3ccc(O)cc3)C(=O)N2[C@H]1C(=O)OCc1ccccc1. The van der Waals surface area contributed by atoms with E-state index in [2.05, 4.69) is 10.6 Å². The second-order valence-electron chi connectivity index (χ2n) is 9.05. The van der Waals surface area contributed by atoms with Crippen molar-refractivity contribution in [2.24, 2.45) is 0 Å². The Morgan fingerprint density at radius 2 is 1.78 bits per heavy atom. The van der Waals surface area contributed by atoms with E-state index < -0.39 is 52.1 Å². The summed E-state index contributed by atoms with van der Waals surface area (Å²) in [7, 11) is 0. The maximum absolute atomic E-state index is 13.2. The molecule has 12 heteroatoms. The second kappa shape index (κ2) is 11.2. The number of fused-ring (bicyclic) bond motifs is 1. The molecule has 2 saturated heterocycles. The van der Waals surface area contributed by atoms with Gasteiger partial charge < -0.3 is 30.1 Å². The number of ether oxygens (including phenoxy) is 2. The molecule has 2 aromatic carbocycles. The Hall–Kier alpha value is -3.00. The van der Waals surface area contributed by atoms with E-state index in [0.29, 0.717) is 5.56 Å². The Morgan fingerprint density at radius 1 is 1.11 bits per heavy atom. The van der Waals surface area contributed by atoms with Gasteiger partial charge in [-0.05, 0) is 59.7 Å². The largest absolute Gasteiger partial charge is 0.508 e. The van der Waals surface area contributed by atoms with E-state index in [4.69, 9.17) is 9.47 Å². The fourth-order valence-corrected chi connectivity index (χ4v) is 6.25. The van der Waals surface area contributed by atoms with Crippen LogP contribution in [-0.2, 0) is 30.5 Å². The third-order valence-electron chi connectivity index (χ3n) is 6.12. The number of aromatic hydroxyl groups is 1. The molecular weight excluding hydrogens is 613 g/mol. The summed E-state index contributed by atoms with van der Waals surface area (Å²) in [6.07, 6.45) is -0.804. The van der Waals surface area contributed by atoms with Crippen molar-refractivity contribution < 1.29 is 33.8 Å². The smallest absolute Gasteiger partial charge is 0.408 e. The van der Waals surface area contributed by atoms with E-state index in [1.54, 1.807) is 0 Å². The Labute approximate surface area is 231 Å². The molecule has 0 aliphatic carbocycles. The third-order valence-corrected chi connectivity index (χ3v) is 8.01. The molecule has 4 atom stereocenters. The van der Waals surface area contributed by atoms with Gasteiger partial charge in [-0.15, -0.1) is 11.8 Å². The summed E-state index contributed by atoms with van der Waals surface area (Å²) in [5, 5.41) is 14.3. The van der Waals surface area contributed by atoms with Gasteiger partial charge in [0.15, 0.2) is 0 Å². The highest BCUT2D eigenvalue weighted by Crippen LogP contribution is 2.51. The molecule has 0 radical (unpaired) electrons. The van der Waals surface area contributed by atoms with Crippen molar-refractivity contribution in [1.29, 1.82) is 0 Å². The zero-order chi connectivity index (χ0) is 26.7. The minimum absolute atomic E-state index is 0.00246. The average Bonchev–Trinajstić information content (AvgIpc) is 3.13. The summed E-state index contributed by atoms with van der Waals surface area (Å²) in [4.78, 5) is 52.9. The number of amides is 3. The minimum atomic E-state index is -1.16. The number of carbonyl (C=O) groups is 4. The molecule has 0 aromatic heterocycles. The van der Waals surface area contributed by atoms with Crippen LogP contribution >= 0.6 is 34.4 Å². The Bertz CT molecular complexity index is 1180. The van der Waals surface area contributed by atoms with Crippen molar-refractivity contribution >= 4 is 58.2 Å². The summed E-state index contributed by atoms with van der Waals surface area (Å²) >= 11 is 3.26. The first-order valence-corrected chi connectivity index (χ1v) is 13.8. The number of phenolic OH excluding ortho intramolecular Hbond substituents is 1. The number of halogens is 1. The molecule has 10 nitrogen and oxygen atoms in total. The standard InChI is InChI=1S/C25H26IN3O7S/c1-25(2)19(23(33)35-12-14-6-4-3-5-7-14)29-21(32)18(22(29)37-25)27-20(31)17(28-24(34)36-13-26)15-8-10-16(30)11-9-15/h3-11,17-19,22,30H,12-13H2,1-2H3,(H,27,31)(H,28,34)/t17?,18-,19+,22-/m1/s1. The molecule has 3 N–H and O–H groups in total. The van der Waals surface area contributed by atoms with Crippen LogP contribution in [0.15, 0.2) is 54.6 Å². The number of nitrogens with zero attached hydrogens (tertiary/aromatic N) is 1. The highest BCUT2D eigenvalue weighted by Gasteiger charge is 2.64. The lowest BCUT2D eigenvalue weighted by atomic mass is 9.95. The van der Waals surface area contributed by atoms with Gasteiger partial charge in [0, 0.05) is 4.75 Å². The minimum Gasteiger partial charge on any atom is -0.508 e. The lowest BCUT2D eigenvalue weighted by Gasteiger charge is -2.44. The zero-order valence-corrected chi connectivity index (χ0v) is 23.0. The molecule has 2 aliphatic rings. The van der Waals surface area contributed by atoms with E-state index in [0.717, 1.165) is 5.56 Å². The first-order chi connectivity index (χ1) is 17.6. The van der Waals surface area contributed by atoms with E-state index in [-0.39, 0.29) is 17.0 Å². The maximum atomic E-state index is 13.2. The second-order valence-corrected chi connectivity index (χ2v) is 11.4. The lowest BCUT2D eigenvalue weighted by molar-refractivity contribution is -0.165. The average molecular weight is 639 g/mol. The van der Waals surface area contributed by atoms with Crippen molar-refractivity contribution in [1.82, 2.24) is 15.5 Å². The number of nitrogens with one attached hydrogen (secondary N) is 2. The van der Waals surface area contributed by atoms with Crippen LogP contribution in [0.3, 0.4) is 0 Å². The predicted octanol–water partition coefficient (Wildman–Crippen LogP) is 2.84. The van der Waals surface area contributed by atoms with Gasteiger partial charge in [-0.3, -0.25) is 9.59 Å². The van der Waals surface area contributed by atoms with Gasteiger partial charge in [0.2, 0.25) is 11.8 Å². The number of rotatable bonds is 8. The molecule has 0 bridgehead atoms. The molecule has 37 heavy (non-hydrogen) atoms. The highest BCUT2D eigenvalue weighted by molar-refractivity contribution is 14.1. The number of hydrogen-bond acceptors (Lipinski definition) is 8. The van der Waals surface area contributed by atoms with E-state index in [9.17, 15) is 24.3 Å². The van der Waals surface area contributed by atoms with Crippen molar-refractivity contribution in [3.8, 4) is 5.75 Å². The maximum Gasteiger partial charge on any atom is 0.408 e. The van der Waals surface area contributed by atoms with Gasteiger partial charge in [-0.2, -0.15) is 0 Å². The van der Waals surface area contributed by atoms with Gasteiger partial charge in [0.05, 0.1) is 0 Å². The van der Waals surface area contributed by atoms with Crippen molar-refractivity contribution in [2.75, 3.05) is 4.61 Å². The number of phenols is 1. The van der Waals surface area contributed by atoms with E-state index in [1.807, 2.05) is 66.8 Å². The molecule has 4 rings (SSSR count). The van der Waals surface area contributed by atoms with E-state index >= 15 is 0 Å². The molecule has 2 aliphatic heterocycles. The van der Waals surface area contributed by atoms with Crippen LogP contribution in [-0.4, -0.2) is 60.7 Å². The molecule has 1 unspecified atom stereocenters. The number of carbonyl (C=O) groups excluding carboxylic acids is 4. The van der Waals surface area contributed by atoms with Gasteiger partial charge >= 0.3 is 12.1 Å². The molecule has 2 aromatic rings. The van der Waals surface area contributed by atoms with E-state index in [1.165, 1.54) is 40.9 Å². The number of benzene rings is 2. The zero-order valence-electron chi connectivity index (χ0n) is 20.0. The summed E-state index contributed by atoms with van der Waals surface area (Å²) < 4.78 is 9.86. The lowest BCUT2D eigenvalue weighted by Crippen LogP contribution is -2.71. The van der Waals surface area contributed by atoms with Crippen LogP contribution in [0.4, 0.5) is 4.79 Å². The fraction of sp³-hybridized carbons (Fsp3) is 0.360. The predicted molar refractivity (Wildman–Crippen MR) is 144 cm³/mol. The van der Waals surface area contributed by atoms with Crippen LogP contribution in [0.1, 0.15) is 31.0 Å². The third kappa shape index (κ3) is 5.79. The first kappa shape index (κ1) is 27.0. The molecule has 0 spiro atoms. The summed E-state index contributed by atoms with van der Waals surface area (Å²) in [5.74, 6) is -1.54. The molecule has 2 heterocycles. The molecular formula is C25H26IN3O7S. The van der Waals surface area contributed by atoms with Gasteiger partial charge in [-0.25, -0.2) is 9.59 Å². The number of hydrogen-bond donors (Lipinski definition) is 3. The van der Waals surface area contributed by atoms with Crippen molar-refractivity contribution in [3.63, 3.8) is 0 Å². The Morgan fingerprint density at radius 3 is 2.43 bits per heavy atom. The topological polar surface area (TPSA) is 134 Å². The van der Waals surface area contributed by atoms with Crippen LogP contribution < -0.4 is 10.6 Å². The Kier molecular flexibility index (Phi) is 8.17. The number of alkyl carbamates (subject to hydrolysis) is 1. The molecule has 3 amide bonds. The van der Waals surface area contributed by atoms with Crippen molar-refractivity contribution in [2.45, 2.75) is 48.7 Å². The Balaban J connectivity index is 1.45. The van der Waals surface area contributed by atoms with Crippen LogP contribution in [0.25, 0.3) is 0 Å². The van der Waals surface area contributed by atoms with Gasteiger partial charge in [-0.1, -0.05) is 42.5 Å². The summed E-state index contributed by atoms with van der Waals surface area (Å²) in [6, 6.07) is 12.2. The van der Waals surface area contributed by atoms with Crippen LogP contribution in [0, 0.1) is 0 Å². The molecule has 0 saturated carbocycles.